The van der Waals surface area contributed by atoms with Crippen molar-refractivity contribution in [1.82, 2.24) is 20.1 Å². The minimum atomic E-state index is -1.05. The molecule has 0 aromatic carbocycles. The highest BCUT2D eigenvalue weighted by molar-refractivity contribution is 6.03. The number of carboxylic acid groups (broad SMARTS) is 1. The van der Waals surface area contributed by atoms with Crippen molar-refractivity contribution in [2.45, 2.75) is 19.9 Å². The minimum absolute atomic E-state index is 0.111. The molecular formula is C12H14N4O3. The van der Waals surface area contributed by atoms with Gasteiger partial charge < -0.3 is 10.4 Å². The Morgan fingerprint density at radius 2 is 2.26 bits per heavy atom. The molecule has 7 heteroatoms. The van der Waals surface area contributed by atoms with Crippen LogP contribution >= 0.6 is 0 Å². The second kappa shape index (κ2) is 5.47. The third kappa shape index (κ3) is 2.87. The molecule has 0 aliphatic carbocycles. The molecule has 2 aromatic heterocycles. The number of amides is 1. The molecule has 1 amide bonds. The lowest BCUT2D eigenvalue weighted by Crippen LogP contribution is -2.23. The molecule has 0 bridgehead atoms. The number of pyridine rings is 1. The Kier molecular flexibility index (Phi) is 3.74. The highest BCUT2D eigenvalue weighted by atomic mass is 16.4. The van der Waals surface area contributed by atoms with Crippen LogP contribution < -0.4 is 5.32 Å². The van der Waals surface area contributed by atoms with E-state index in [1.807, 2.05) is 0 Å². The normalized spacial score (nSPS) is 10.6. The van der Waals surface area contributed by atoms with Crippen LogP contribution in [0.1, 0.15) is 23.8 Å². The Bertz CT molecular complexity index is 620. The lowest BCUT2D eigenvalue weighted by Gasteiger charge is -2.02. The number of rotatable bonds is 5. The average molecular weight is 262 g/mol. The van der Waals surface area contributed by atoms with Gasteiger partial charge >= 0.3 is 6.09 Å². The van der Waals surface area contributed by atoms with E-state index in [1.165, 1.54) is 6.92 Å². The van der Waals surface area contributed by atoms with E-state index in [0.717, 1.165) is 5.39 Å². The molecule has 7 nitrogen and oxygen atoms in total. The van der Waals surface area contributed by atoms with Gasteiger partial charge in [0.25, 0.3) is 0 Å². The molecule has 0 radical (unpaired) electrons. The molecule has 0 atom stereocenters. The molecular weight excluding hydrogens is 248 g/mol. The van der Waals surface area contributed by atoms with E-state index < -0.39 is 6.09 Å². The van der Waals surface area contributed by atoms with Crippen LogP contribution in [0.3, 0.4) is 0 Å². The van der Waals surface area contributed by atoms with Gasteiger partial charge in [-0.25, -0.2) is 14.5 Å². The number of carbonyl (C=O) groups excluding carboxylic acids is 1. The van der Waals surface area contributed by atoms with Gasteiger partial charge in [-0.1, -0.05) is 0 Å². The van der Waals surface area contributed by atoms with Gasteiger partial charge in [-0.05, 0) is 18.6 Å². The van der Waals surface area contributed by atoms with Crippen LogP contribution in [0.15, 0.2) is 18.3 Å². The van der Waals surface area contributed by atoms with Crippen molar-refractivity contribution >= 4 is 22.9 Å². The third-order valence-electron chi connectivity index (χ3n) is 2.66. The number of nitrogens with zero attached hydrogens (tertiary/aromatic N) is 3. The summed E-state index contributed by atoms with van der Waals surface area (Å²) in [4.78, 5) is 26.0. The number of hydrogen-bond donors (Lipinski definition) is 2. The molecule has 0 saturated heterocycles. The summed E-state index contributed by atoms with van der Waals surface area (Å²) in [6.45, 7) is 2.30. The zero-order chi connectivity index (χ0) is 13.8. The van der Waals surface area contributed by atoms with E-state index >= 15 is 0 Å². The van der Waals surface area contributed by atoms with Crippen LogP contribution in [-0.4, -0.2) is 38.3 Å². The molecule has 0 saturated carbocycles. The third-order valence-corrected chi connectivity index (χ3v) is 2.66. The number of ketones is 1. The zero-order valence-corrected chi connectivity index (χ0v) is 10.5. The fourth-order valence-corrected chi connectivity index (χ4v) is 1.85. The number of hydrogen-bond acceptors (Lipinski definition) is 4. The molecule has 2 rings (SSSR count). The Labute approximate surface area is 109 Å². The van der Waals surface area contributed by atoms with Gasteiger partial charge in [-0.15, -0.1) is 0 Å². The summed E-state index contributed by atoms with van der Waals surface area (Å²) in [7, 11) is 0. The maximum Gasteiger partial charge on any atom is 0.404 e. The number of nitrogens with one attached hydrogen (secondary N) is 1. The summed E-state index contributed by atoms with van der Waals surface area (Å²) in [5.41, 5.74) is 1.04. The standard InChI is InChI=1S/C12H14N4O3/c1-8(17)10-9-4-2-5-13-11(9)16(15-10)7-3-6-14-12(18)19/h2,4-5,14H,3,6-7H2,1H3,(H,18,19). The quantitative estimate of drug-likeness (QED) is 0.625. The molecule has 0 fully saturated rings. The summed E-state index contributed by atoms with van der Waals surface area (Å²) in [6, 6.07) is 3.56. The van der Waals surface area contributed by atoms with Crippen LogP contribution in [0.2, 0.25) is 0 Å². The van der Waals surface area contributed by atoms with Crippen molar-refractivity contribution in [2.75, 3.05) is 6.54 Å². The lowest BCUT2D eigenvalue weighted by atomic mass is 10.2. The number of aryl methyl sites for hydroxylation is 1. The zero-order valence-electron chi connectivity index (χ0n) is 10.5. The number of Topliss-reactive ketones (excluding diaryl/α,β-unsaturated/α-hetero) is 1. The number of aromatic nitrogens is 3. The largest absolute Gasteiger partial charge is 0.465 e. The summed E-state index contributed by atoms with van der Waals surface area (Å²) in [6.07, 6.45) is 1.17. The smallest absolute Gasteiger partial charge is 0.404 e. The maximum absolute atomic E-state index is 11.5. The molecule has 0 aliphatic heterocycles. The predicted molar refractivity (Wildman–Crippen MR) is 68.2 cm³/mol. The number of fused-ring (bicyclic) bond motifs is 1. The summed E-state index contributed by atoms with van der Waals surface area (Å²) < 4.78 is 1.63. The van der Waals surface area contributed by atoms with Crippen molar-refractivity contribution in [3.63, 3.8) is 0 Å². The SMILES string of the molecule is CC(=O)c1nn(CCCNC(=O)O)c2ncccc12. The van der Waals surface area contributed by atoms with E-state index in [2.05, 4.69) is 15.4 Å². The summed E-state index contributed by atoms with van der Waals surface area (Å²) in [5, 5.41) is 15.7. The average Bonchev–Trinajstić information content (AvgIpc) is 2.74. The molecule has 0 unspecified atom stereocenters. The first-order valence-corrected chi connectivity index (χ1v) is 5.89. The van der Waals surface area contributed by atoms with Gasteiger partial charge in [0.1, 0.15) is 5.69 Å². The van der Waals surface area contributed by atoms with Gasteiger partial charge in [0.15, 0.2) is 11.4 Å². The van der Waals surface area contributed by atoms with Crippen LogP contribution in [0.4, 0.5) is 4.79 Å². The van der Waals surface area contributed by atoms with Crippen molar-refractivity contribution in [3.05, 3.63) is 24.0 Å². The first-order valence-electron chi connectivity index (χ1n) is 5.89. The van der Waals surface area contributed by atoms with Crippen molar-refractivity contribution < 1.29 is 14.7 Å². The Balaban J connectivity index is 2.19. The molecule has 2 N–H and O–H groups in total. The first kappa shape index (κ1) is 13.0. The van der Waals surface area contributed by atoms with Crippen LogP contribution in [-0.2, 0) is 6.54 Å². The lowest BCUT2D eigenvalue weighted by molar-refractivity contribution is 0.101. The topological polar surface area (TPSA) is 97.1 Å². The fraction of sp³-hybridized carbons (Fsp3) is 0.333. The van der Waals surface area contributed by atoms with Crippen molar-refractivity contribution in [3.8, 4) is 0 Å². The molecule has 2 aromatic rings. The van der Waals surface area contributed by atoms with Gasteiger partial charge in [0.05, 0.1) is 5.39 Å². The summed E-state index contributed by atoms with van der Waals surface area (Å²) in [5.74, 6) is -0.111. The Morgan fingerprint density at radius 3 is 2.95 bits per heavy atom. The second-order valence-corrected chi connectivity index (χ2v) is 4.09. The van der Waals surface area contributed by atoms with Crippen LogP contribution in [0, 0.1) is 0 Å². The highest BCUT2D eigenvalue weighted by Gasteiger charge is 2.14. The van der Waals surface area contributed by atoms with E-state index in [4.69, 9.17) is 5.11 Å². The maximum atomic E-state index is 11.5. The van der Waals surface area contributed by atoms with Gasteiger partial charge in [0, 0.05) is 26.2 Å². The van der Waals surface area contributed by atoms with E-state index in [9.17, 15) is 9.59 Å². The molecule has 0 spiro atoms. The minimum Gasteiger partial charge on any atom is -0.465 e. The Hall–Kier alpha value is -2.44. The van der Waals surface area contributed by atoms with Gasteiger partial charge in [0.2, 0.25) is 0 Å². The number of carbonyl (C=O) groups is 2. The van der Waals surface area contributed by atoms with Crippen LogP contribution in [0.25, 0.3) is 11.0 Å². The van der Waals surface area contributed by atoms with Crippen molar-refractivity contribution in [1.29, 1.82) is 0 Å². The van der Waals surface area contributed by atoms with E-state index in [-0.39, 0.29) is 5.78 Å². The predicted octanol–water partition coefficient (Wildman–Crippen LogP) is 1.29. The molecule has 100 valence electrons. The van der Waals surface area contributed by atoms with Gasteiger partial charge in [-0.2, -0.15) is 5.10 Å². The molecule has 19 heavy (non-hydrogen) atoms. The molecule has 0 aliphatic rings. The fourth-order valence-electron chi connectivity index (χ4n) is 1.85. The highest BCUT2D eigenvalue weighted by Crippen LogP contribution is 2.16. The molecule has 2 heterocycles. The van der Waals surface area contributed by atoms with E-state index in [1.54, 1.807) is 23.0 Å². The Morgan fingerprint density at radius 1 is 1.47 bits per heavy atom. The van der Waals surface area contributed by atoms with Gasteiger partial charge in [-0.3, -0.25) is 4.79 Å². The first-order chi connectivity index (χ1) is 9.09. The van der Waals surface area contributed by atoms with E-state index in [0.29, 0.717) is 30.9 Å². The van der Waals surface area contributed by atoms with Crippen molar-refractivity contribution in [2.24, 2.45) is 0 Å². The monoisotopic (exact) mass is 262 g/mol. The summed E-state index contributed by atoms with van der Waals surface area (Å²) >= 11 is 0. The van der Waals surface area contributed by atoms with Crippen LogP contribution in [0.5, 0.6) is 0 Å². The second-order valence-electron chi connectivity index (χ2n) is 4.09.